The average Bonchev–Trinajstić information content (AvgIpc) is 2.40. The number of hydrogen-bond donors (Lipinski definition) is 2. The molecule has 1 aliphatic rings. The highest BCUT2D eigenvalue weighted by molar-refractivity contribution is 5.45. The first-order valence-electron chi connectivity index (χ1n) is 6.34. The Bertz CT molecular complexity index is 337. The van der Waals surface area contributed by atoms with E-state index in [1.165, 1.54) is 18.5 Å². The third kappa shape index (κ3) is 3.17. The van der Waals surface area contributed by atoms with Gasteiger partial charge in [0.05, 0.1) is 17.6 Å². The smallest absolute Gasteiger partial charge is 0.0553 e. The number of aliphatic hydroxyl groups excluding tert-OH is 1. The van der Waals surface area contributed by atoms with Crippen molar-refractivity contribution < 1.29 is 5.11 Å². The van der Waals surface area contributed by atoms with Gasteiger partial charge in [-0.25, -0.2) is 0 Å². The van der Waals surface area contributed by atoms with Crippen molar-refractivity contribution >= 4 is 5.69 Å². The van der Waals surface area contributed by atoms with Gasteiger partial charge in [-0.2, -0.15) is 0 Å². The molecule has 1 unspecified atom stereocenters. The van der Waals surface area contributed by atoms with Crippen LogP contribution in [-0.4, -0.2) is 29.8 Å². The summed E-state index contributed by atoms with van der Waals surface area (Å²) in [6, 6.07) is 4.08. The van der Waals surface area contributed by atoms with Crippen LogP contribution in [0.25, 0.3) is 0 Å². The summed E-state index contributed by atoms with van der Waals surface area (Å²) in [5.41, 5.74) is 7.64. The van der Waals surface area contributed by atoms with Gasteiger partial charge < -0.3 is 15.7 Å². The van der Waals surface area contributed by atoms with Crippen molar-refractivity contribution in [2.45, 2.75) is 25.8 Å². The predicted molar refractivity (Wildman–Crippen MR) is 68.8 cm³/mol. The zero-order valence-corrected chi connectivity index (χ0v) is 10.2. The van der Waals surface area contributed by atoms with Gasteiger partial charge in [-0.15, -0.1) is 0 Å². The first-order valence-corrected chi connectivity index (χ1v) is 6.34. The van der Waals surface area contributed by atoms with Crippen LogP contribution in [0.3, 0.4) is 0 Å². The fourth-order valence-electron chi connectivity index (χ4n) is 2.44. The molecular weight excluding hydrogens is 214 g/mol. The highest BCUT2D eigenvalue weighted by Crippen LogP contribution is 2.24. The van der Waals surface area contributed by atoms with E-state index in [1.807, 2.05) is 12.3 Å². The Hall–Kier alpha value is -1.13. The number of aliphatic hydroxyl groups is 1. The standard InChI is InChI=1S/C13H21N3O/c14-8-12-3-4-13(9-15-12)16-6-1-2-11(10-16)5-7-17/h3-4,9,11,17H,1-2,5-8,10,14H2. The van der Waals surface area contributed by atoms with Gasteiger partial charge >= 0.3 is 0 Å². The molecule has 4 heteroatoms. The van der Waals surface area contributed by atoms with Crippen LogP contribution in [0.4, 0.5) is 5.69 Å². The molecule has 0 radical (unpaired) electrons. The molecule has 94 valence electrons. The van der Waals surface area contributed by atoms with E-state index in [9.17, 15) is 0 Å². The van der Waals surface area contributed by atoms with Crippen LogP contribution < -0.4 is 10.6 Å². The molecule has 2 heterocycles. The maximum absolute atomic E-state index is 9.00. The highest BCUT2D eigenvalue weighted by Gasteiger charge is 2.19. The summed E-state index contributed by atoms with van der Waals surface area (Å²) in [6.07, 6.45) is 5.24. The molecule has 0 aromatic carbocycles. The molecule has 0 amide bonds. The minimum Gasteiger partial charge on any atom is -0.396 e. The molecule has 2 rings (SSSR count). The second kappa shape index (κ2) is 5.98. The molecule has 1 fully saturated rings. The van der Waals surface area contributed by atoms with Crippen molar-refractivity contribution in [1.29, 1.82) is 0 Å². The van der Waals surface area contributed by atoms with Gasteiger partial charge in [0.25, 0.3) is 0 Å². The van der Waals surface area contributed by atoms with E-state index in [2.05, 4.69) is 16.0 Å². The van der Waals surface area contributed by atoms with Gasteiger partial charge in [0, 0.05) is 26.2 Å². The second-order valence-electron chi connectivity index (χ2n) is 4.68. The van der Waals surface area contributed by atoms with Crippen LogP contribution in [0.1, 0.15) is 25.0 Å². The molecule has 1 aliphatic heterocycles. The Morgan fingerprint density at radius 1 is 1.47 bits per heavy atom. The normalized spacial score (nSPS) is 20.6. The molecule has 1 aromatic rings. The second-order valence-corrected chi connectivity index (χ2v) is 4.68. The van der Waals surface area contributed by atoms with Crippen LogP contribution in [0.15, 0.2) is 18.3 Å². The van der Waals surface area contributed by atoms with Gasteiger partial charge in [0.15, 0.2) is 0 Å². The number of pyridine rings is 1. The first kappa shape index (κ1) is 12.3. The fraction of sp³-hybridized carbons (Fsp3) is 0.615. The molecule has 17 heavy (non-hydrogen) atoms. The SMILES string of the molecule is NCc1ccc(N2CCCC(CCO)C2)cn1. The lowest BCUT2D eigenvalue weighted by Gasteiger charge is -2.34. The van der Waals surface area contributed by atoms with Crippen LogP contribution in [0.5, 0.6) is 0 Å². The molecule has 4 nitrogen and oxygen atoms in total. The number of anilines is 1. The van der Waals surface area contributed by atoms with Crippen molar-refractivity contribution in [1.82, 2.24) is 4.98 Å². The Labute approximate surface area is 102 Å². The van der Waals surface area contributed by atoms with Crippen molar-refractivity contribution in [2.24, 2.45) is 11.7 Å². The lowest BCUT2D eigenvalue weighted by molar-refractivity contribution is 0.244. The summed E-state index contributed by atoms with van der Waals surface area (Å²) in [5.74, 6) is 0.614. The molecule has 3 N–H and O–H groups in total. The zero-order chi connectivity index (χ0) is 12.1. The zero-order valence-electron chi connectivity index (χ0n) is 10.2. The van der Waals surface area contributed by atoms with Crippen LogP contribution in [-0.2, 0) is 6.54 Å². The topological polar surface area (TPSA) is 62.4 Å². The van der Waals surface area contributed by atoms with Crippen LogP contribution in [0, 0.1) is 5.92 Å². The maximum Gasteiger partial charge on any atom is 0.0553 e. The summed E-state index contributed by atoms with van der Waals surface area (Å²) in [7, 11) is 0. The Morgan fingerprint density at radius 3 is 3.00 bits per heavy atom. The molecular formula is C13H21N3O. The predicted octanol–water partition coefficient (Wildman–Crippen LogP) is 1.14. The molecule has 0 saturated carbocycles. The van der Waals surface area contributed by atoms with E-state index in [4.69, 9.17) is 10.8 Å². The van der Waals surface area contributed by atoms with Crippen molar-refractivity contribution in [3.8, 4) is 0 Å². The number of nitrogens with zero attached hydrogens (tertiary/aromatic N) is 2. The van der Waals surface area contributed by atoms with Gasteiger partial charge in [-0.05, 0) is 37.3 Å². The Balaban J connectivity index is 2.00. The minimum atomic E-state index is 0.295. The van der Waals surface area contributed by atoms with E-state index in [-0.39, 0.29) is 0 Å². The van der Waals surface area contributed by atoms with E-state index in [1.54, 1.807) is 0 Å². The van der Waals surface area contributed by atoms with Gasteiger partial charge in [0.2, 0.25) is 0 Å². The Morgan fingerprint density at radius 2 is 2.35 bits per heavy atom. The lowest BCUT2D eigenvalue weighted by Crippen LogP contribution is -2.35. The van der Waals surface area contributed by atoms with E-state index >= 15 is 0 Å². The quantitative estimate of drug-likeness (QED) is 0.821. The lowest BCUT2D eigenvalue weighted by atomic mass is 9.95. The maximum atomic E-state index is 9.00. The number of piperidine rings is 1. The van der Waals surface area contributed by atoms with Gasteiger partial charge in [-0.3, -0.25) is 4.98 Å². The van der Waals surface area contributed by atoms with E-state index in [0.29, 0.717) is 19.1 Å². The van der Waals surface area contributed by atoms with Crippen LogP contribution >= 0.6 is 0 Å². The summed E-state index contributed by atoms with van der Waals surface area (Å²) in [4.78, 5) is 6.69. The summed E-state index contributed by atoms with van der Waals surface area (Å²) in [5, 5.41) is 9.00. The average molecular weight is 235 g/mol. The highest BCUT2D eigenvalue weighted by atomic mass is 16.3. The summed E-state index contributed by atoms with van der Waals surface area (Å²) in [6.45, 7) is 2.91. The molecule has 1 saturated heterocycles. The molecule has 1 atom stereocenters. The van der Waals surface area contributed by atoms with E-state index in [0.717, 1.165) is 25.2 Å². The van der Waals surface area contributed by atoms with Gasteiger partial charge in [-0.1, -0.05) is 0 Å². The molecule has 0 aliphatic carbocycles. The van der Waals surface area contributed by atoms with Crippen molar-refractivity contribution in [3.05, 3.63) is 24.0 Å². The third-order valence-electron chi connectivity index (χ3n) is 3.44. The number of rotatable bonds is 4. The number of nitrogens with two attached hydrogens (primary N) is 1. The minimum absolute atomic E-state index is 0.295. The van der Waals surface area contributed by atoms with Gasteiger partial charge in [0.1, 0.15) is 0 Å². The molecule has 0 bridgehead atoms. The summed E-state index contributed by atoms with van der Waals surface area (Å²) < 4.78 is 0. The largest absolute Gasteiger partial charge is 0.396 e. The van der Waals surface area contributed by atoms with Crippen molar-refractivity contribution in [3.63, 3.8) is 0 Å². The third-order valence-corrected chi connectivity index (χ3v) is 3.44. The first-order chi connectivity index (χ1) is 8.33. The molecule has 1 aromatic heterocycles. The number of hydrogen-bond acceptors (Lipinski definition) is 4. The molecule has 0 spiro atoms. The van der Waals surface area contributed by atoms with Crippen LogP contribution in [0.2, 0.25) is 0 Å². The van der Waals surface area contributed by atoms with Crippen molar-refractivity contribution in [2.75, 3.05) is 24.6 Å². The summed E-state index contributed by atoms with van der Waals surface area (Å²) >= 11 is 0. The van der Waals surface area contributed by atoms with E-state index < -0.39 is 0 Å². The monoisotopic (exact) mass is 235 g/mol. The fourth-order valence-corrected chi connectivity index (χ4v) is 2.44. The number of aromatic nitrogens is 1. The Kier molecular flexibility index (Phi) is 4.34.